The van der Waals surface area contributed by atoms with Gasteiger partial charge in [0.15, 0.2) is 0 Å². The van der Waals surface area contributed by atoms with Crippen LogP contribution in [0.5, 0.6) is 5.75 Å². The van der Waals surface area contributed by atoms with E-state index >= 15 is 0 Å². The maximum Gasteiger partial charge on any atom is 0.298 e. The first-order valence-corrected chi connectivity index (χ1v) is 9.65. The zero-order valence-corrected chi connectivity index (χ0v) is 16.5. The molecule has 6 nitrogen and oxygen atoms in total. The maximum absolute atomic E-state index is 12.7. The molecule has 0 spiro atoms. The number of nitrogens with zero attached hydrogens (tertiary/aromatic N) is 1. The Morgan fingerprint density at radius 2 is 2.00 bits per heavy atom. The molecule has 3 rings (SSSR count). The molecule has 2 aromatic carbocycles. The van der Waals surface area contributed by atoms with Crippen LogP contribution in [0.4, 0.5) is 10.5 Å². The molecule has 1 atom stereocenters. The number of carbonyl (C=O) groups is 2. The summed E-state index contributed by atoms with van der Waals surface area (Å²) in [5.74, 6) is -0.0360. The molecule has 0 aliphatic carbocycles. The van der Waals surface area contributed by atoms with Crippen LogP contribution in [0.15, 0.2) is 47.4 Å². The third-order valence-electron chi connectivity index (χ3n) is 4.05. The molecule has 2 N–H and O–H groups in total. The van der Waals surface area contributed by atoms with Crippen LogP contribution in [-0.2, 0) is 4.79 Å². The second kappa shape index (κ2) is 8.79. The fourth-order valence-electron chi connectivity index (χ4n) is 2.60. The molecule has 1 saturated heterocycles. The second-order valence-corrected chi connectivity index (χ2v) is 7.54. The highest BCUT2D eigenvalue weighted by atomic mass is 35.5. The summed E-state index contributed by atoms with van der Waals surface area (Å²) in [5.41, 5.74) is 2.04. The van der Waals surface area contributed by atoms with E-state index in [2.05, 4.69) is 0 Å². The van der Waals surface area contributed by atoms with Crippen LogP contribution in [0.1, 0.15) is 11.1 Å². The molecule has 1 aliphatic heterocycles. The Morgan fingerprint density at radius 1 is 1.25 bits per heavy atom. The van der Waals surface area contributed by atoms with Crippen molar-refractivity contribution in [2.45, 2.75) is 13.0 Å². The number of thioether (sulfide) groups is 1. The Labute approximate surface area is 171 Å². The molecule has 2 amide bonds. The Kier molecular flexibility index (Phi) is 6.41. The second-order valence-electron chi connectivity index (χ2n) is 6.14. The van der Waals surface area contributed by atoms with E-state index in [1.807, 2.05) is 19.1 Å². The monoisotopic (exact) mass is 419 g/mol. The topological polar surface area (TPSA) is 87.1 Å². The van der Waals surface area contributed by atoms with E-state index in [0.29, 0.717) is 21.9 Å². The number of imide groups is 1. The summed E-state index contributed by atoms with van der Waals surface area (Å²) in [4.78, 5) is 26.6. The van der Waals surface area contributed by atoms with Crippen molar-refractivity contribution in [2.75, 3.05) is 18.1 Å². The van der Waals surface area contributed by atoms with Gasteiger partial charge in [0.2, 0.25) is 0 Å². The predicted molar refractivity (Wildman–Crippen MR) is 110 cm³/mol. The quantitative estimate of drug-likeness (QED) is 0.695. The average Bonchev–Trinajstić information content (AvgIpc) is 2.94. The smallest absolute Gasteiger partial charge is 0.298 e. The molecule has 1 heterocycles. The standard InChI is InChI=1S/C20H18ClNO5S/c1-12-4-2-3-5-16(12)22-19(25)18(28-20(22)26)9-13-6-7-17(15(21)8-13)27-11-14(24)10-23/h2-9,14,23-24H,10-11H2,1H3/b18-9+/t14-/m0/s1. The number of para-hydroxylation sites is 1. The molecule has 28 heavy (non-hydrogen) atoms. The number of hydrogen-bond acceptors (Lipinski definition) is 6. The largest absolute Gasteiger partial charge is 0.489 e. The molecule has 0 bridgehead atoms. The van der Waals surface area contributed by atoms with E-state index in [-0.39, 0.29) is 22.8 Å². The molecule has 1 fully saturated rings. The van der Waals surface area contributed by atoms with Gasteiger partial charge >= 0.3 is 0 Å². The number of rotatable bonds is 6. The highest BCUT2D eigenvalue weighted by molar-refractivity contribution is 8.19. The number of aliphatic hydroxyl groups excluding tert-OH is 2. The van der Waals surface area contributed by atoms with E-state index in [4.69, 9.17) is 21.4 Å². The Morgan fingerprint density at radius 3 is 2.68 bits per heavy atom. The number of hydrogen-bond donors (Lipinski definition) is 2. The summed E-state index contributed by atoms with van der Waals surface area (Å²) >= 11 is 7.06. The summed E-state index contributed by atoms with van der Waals surface area (Å²) in [6.45, 7) is 1.34. The third kappa shape index (κ3) is 4.39. The molecule has 1 aliphatic rings. The molecule has 0 saturated carbocycles. The minimum absolute atomic E-state index is 0.0924. The summed E-state index contributed by atoms with van der Waals surface area (Å²) in [7, 11) is 0. The molecule has 146 valence electrons. The first kappa shape index (κ1) is 20.4. The maximum atomic E-state index is 12.7. The molecule has 2 aromatic rings. The van der Waals surface area contributed by atoms with Crippen molar-refractivity contribution >= 4 is 46.3 Å². The van der Waals surface area contributed by atoms with Gasteiger partial charge in [0, 0.05) is 0 Å². The lowest BCUT2D eigenvalue weighted by atomic mass is 10.1. The fourth-order valence-corrected chi connectivity index (χ4v) is 3.68. The van der Waals surface area contributed by atoms with Crippen LogP contribution >= 0.6 is 23.4 Å². The summed E-state index contributed by atoms with van der Waals surface area (Å²) in [5, 5.41) is 18.1. The van der Waals surface area contributed by atoms with Gasteiger partial charge in [0.05, 0.1) is 22.2 Å². The third-order valence-corrected chi connectivity index (χ3v) is 5.21. The number of aliphatic hydroxyl groups is 2. The SMILES string of the molecule is Cc1ccccc1N1C(=O)S/C(=C/c2ccc(OC[C@@H](O)CO)c(Cl)c2)C1=O. The van der Waals surface area contributed by atoms with Gasteiger partial charge in [-0.1, -0.05) is 35.9 Å². The minimum atomic E-state index is -0.996. The van der Waals surface area contributed by atoms with Gasteiger partial charge in [-0.3, -0.25) is 9.59 Å². The molecular formula is C20H18ClNO5S. The Hall–Kier alpha value is -2.32. The number of halogens is 1. The van der Waals surface area contributed by atoms with Gasteiger partial charge in [-0.05, 0) is 54.1 Å². The van der Waals surface area contributed by atoms with Crippen LogP contribution in [0.3, 0.4) is 0 Å². The number of anilines is 1. The van der Waals surface area contributed by atoms with Gasteiger partial charge in [0.25, 0.3) is 11.1 Å². The molecule has 0 unspecified atom stereocenters. The number of carbonyl (C=O) groups excluding carboxylic acids is 2. The number of aryl methyl sites for hydroxylation is 1. The Bertz CT molecular complexity index is 946. The fraction of sp³-hybridized carbons (Fsp3) is 0.200. The first-order chi connectivity index (χ1) is 13.4. The highest BCUT2D eigenvalue weighted by Crippen LogP contribution is 2.37. The molecule has 0 aromatic heterocycles. The van der Waals surface area contributed by atoms with E-state index in [1.165, 1.54) is 4.90 Å². The van der Waals surface area contributed by atoms with Gasteiger partial charge in [-0.2, -0.15) is 0 Å². The lowest BCUT2D eigenvalue weighted by Crippen LogP contribution is -2.28. The summed E-state index contributed by atoms with van der Waals surface area (Å²) in [6.07, 6.45) is 0.602. The van der Waals surface area contributed by atoms with Crippen LogP contribution in [-0.4, -0.2) is 40.7 Å². The van der Waals surface area contributed by atoms with Crippen LogP contribution in [0.2, 0.25) is 5.02 Å². The van der Waals surface area contributed by atoms with E-state index in [0.717, 1.165) is 17.3 Å². The van der Waals surface area contributed by atoms with Crippen molar-refractivity contribution in [2.24, 2.45) is 0 Å². The van der Waals surface area contributed by atoms with Crippen molar-refractivity contribution in [3.05, 3.63) is 63.5 Å². The van der Waals surface area contributed by atoms with Gasteiger partial charge in [0.1, 0.15) is 18.5 Å². The van der Waals surface area contributed by atoms with Crippen LogP contribution < -0.4 is 9.64 Å². The highest BCUT2D eigenvalue weighted by Gasteiger charge is 2.36. The number of benzene rings is 2. The lowest BCUT2D eigenvalue weighted by molar-refractivity contribution is -0.113. The van der Waals surface area contributed by atoms with Crippen molar-refractivity contribution < 1.29 is 24.5 Å². The summed E-state index contributed by atoms with van der Waals surface area (Å²) in [6, 6.07) is 12.1. The van der Waals surface area contributed by atoms with Crippen LogP contribution in [0, 0.1) is 6.92 Å². The molecular weight excluding hydrogens is 402 g/mol. The first-order valence-electron chi connectivity index (χ1n) is 8.45. The van der Waals surface area contributed by atoms with E-state index in [9.17, 15) is 14.7 Å². The normalized spacial score (nSPS) is 16.7. The average molecular weight is 420 g/mol. The van der Waals surface area contributed by atoms with Gasteiger partial charge in [-0.15, -0.1) is 0 Å². The molecule has 8 heteroatoms. The van der Waals surface area contributed by atoms with E-state index < -0.39 is 12.7 Å². The molecule has 0 radical (unpaired) electrons. The number of ether oxygens (including phenoxy) is 1. The van der Waals surface area contributed by atoms with Crippen molar-refractivity contribution in [1.29, 1.82) is 0 Å². The summed E-state index contributed by atoms with van der Waals surface area (Å²) < 4.78 is 5.34. The number of amides is 2. The Balaban J connectivity index is 1.80. The predicted octanol–water partition coefficient (Wildman–Crippen LogP) is 3.62. The van der Waals surface area contributed by atoms with Gasteiger partial charge < -0.3 is 14.9 Å². The van der Waals surface area contributed by atoms with Crippen molar-refractivity contribution in [3.8, 4) is 5.75 Å². The van der Waals surface area contributed by atoms with E-state index in [1.54, 1.807) is 36.4 Å². The van der Waals surface area contributed by atoms with Crippen LogP contribution in [0.25, 0.3) is 6.08 Å². The van der Waals surface area contributed by atoms with Crippen molar-refractivity contribution in [3.63, 3.8) is 0 Å². The minimum Gasteiger partial charge on any atom is -0.489 e. The zero-order valence-electron chi connectivity index (χ0n) is 15.0. The lowest BCUT2D eigenvalue weighted by Gasteiger charge is -2.14. The van der Waals surface area contributed by atoms with Crippen molar-refractivity contribution in [1.82, 2.24) is 0 Å². The zero-order chi connectivity index (χ0) is 20.3. The van der Waals surface area contributed by atoms with Gasteiger partial charge in [-0.25, -0.2) is 4.90 Å².